The van der Waals surface area contributed by atoms with Gasteiger partial charge in [0.15, 0.2) is 26.5 Å². The molecular weight excluding hydrogens is 1010 g/mol. The van der Waals surface area contributed by atoms with Gasteiger partial charge in [0.1, 0.15) is 32.9 Å². The summed E-state index contributed by atoms with van der Waals surface area (Å²) in [5.74, 6) is 1.24. The molecule has 0 radical (unpaired) electrons. The maximum atomic E-state index is 14.6. The highest BCUT2D eigenvalue weighted by atomic mass is 32.2. The van der Waals surface area contributed by atoms with Crippen molar-refractivity contribution in [3.05, 3.63) is 72.1 Å². The Kier molecular flexibility index (Phi) is 15.3. The summed E-state index contributed by atoms with van der Waals surface area (Å²) in [4.78, 5) is 40.4. The van der Waals surface area contributed by atoms with Crippen LogP contribution in [0.15, 0.2) is 67.6 Å². The normalized spacial score (nSPS) is 15.9. The highest BCUT2D eigenvalue weighted by Gasteiger charge is 2.30. The van der Waals surface area contributed by atoms with Gasteiger partial charge in [0.2, 0.25) is 11.9 Å². The maximum Gasteiger partial charge on any atom is 0.324 e. The molecule has 10 rings (SSSR count). The SMILES string of the molecule is CC(C)c1noc(N2CCC([C@H](C)Oc3nc4ccc(-c5ccc(S(C)(=O)=O)nc5F)nc4s3)CC2)n1.CSc1ccc(-c2ccc3nc(O[C@@H](C)C4CCN(c5nc(C(C)C)no5)CC4)sc3n2)c(F)n1. The quantitative estimate of drug-likeness (QED) is 0.0731. The van der Waals surface area contributed by atoms with Crippen LogP contribution in [0.1, 0.15) is 90.7 Å². The molecule has 2 saturated heterocycles. The number of hydrogen-bond acceptors (Lipinski definition) is 21. The van der Waals surface area contributed by atoms with Gasteiger partial charge in [0, 0.05) is 44.3 Å². The molecule has 2 atom stereocenters. The second-order valence-corrected chi connectivity index (χ2v) is 23.1. The van der Waals surface area contributed by atoms with E-state index in [-0.39, 0.29) is 34.6 Å². The number of sulfone groups is 1. The van der Waals surface area contributed by atoms with Gasteiger partial charge in [-0.15, -0.1) is 11.8 Å². The fraction of sp³-hybridized carbons (Fsp3) is 0.458. The number of nitrogens with zero attached hydrogens (tertiary/aromatic N) is 12. The molecule has 0 amide bonds. The standard InChI is InChI=1S/C24H27FN6O4S2.C24H27FN6O2S2/c1-13(2)21-29-23(35-30-21)31-11-9-15(10-12-31)14(3)34-24-27-18-7-6-17(26-22(18)36-24)16-5-8-19(28-20(16)25)37(4,32)33;1-13(2)21-29-23(33-30-21)31-11-9-15(10-12-31)14(3)32-24-27-18-7-6-17(26-22(18)35-24)16-5-8-19(34-4)28-20(16)25/h5-8,13-15H,9-12H2,1-4H3;5-8,13-15H,9-12H2,1-4H3/t2*14-/m00/s1. The number of halogens is 2. The maximum absolute atomic E-state index is 14.6. The molecule has 0 bridgehead atoms. The van der Waals surface area contributed by atoms with Crippen molar-refractivity contribution >= 4 is 77.0 Å². The number of anilines is 2. The molecule has 2 aliphatic heterocycles. The average molecular weight is 1060 g/mol. The van der Waals surface area contributed by atoms with Crippen LogP contribution in [-0.2, 0) is 9.84 Å². The van der Waals surface area contributed by atoms with Gasteiger partial charge in [-0.25, -0.2) is 38.3 Å². The topological polar surface area (TPSA) is 214 Å². The van der Waals surface area contributed by atoms with Crippen LogP contribution < -0.4 is 19.3 Å². The van der Waals surface area contributed by atoms with Crippen LogP contribution in [0, 0.1) is 23.7 Å². The van der Waals surface area contributed by atoms with E-state index in [0.717, 1.165) is 69.5 Å². The van der Waals surface area contributed by atoms with Crippen LogP contribution in [0.4, 0.5) is 20.8 Å². The first-order valence-corrected chi connectivity index (χ1v) is 28.4. The highest BCUT2D eigenvalue weighted by molar-refractivity contribution is 7.98. The van der Waals surface area contributed by atoms with E-state index in [1.165, 1.54) is 46.6 Å². The van der Waals surface area contributed by atoms with Crippen LogP contribution in [0.2, 0.25) is 0 Å². The zero-order valence-electron chi connectivity index (χ0n) is 40.9. The van der Waals surface area contributed by atoms with E-state index in [1.807, 2.05) is 33.1 Å². The monoisotopic (exact) mass is 1060 g/mol. The van der Waals surface area contributed by atoms with Gasteiger partial charge < -0.3 is 28.3 Å². The summed E-state index contributed by atoms with van der Waals surface area (Å²) < 4.78 is 75.6. The zero-order chi connectivity index (χ0) is 50.8. The lowest BCUT2D eigenvalue weighted by Crippen LogP contribution is -2.38. The van der Waals surface area contributed by atoms with Crippen molar-refractivity contribution in [1.82, 2.24) is 50.2 Å². The number of aromatic nitrogens is 10. The highest BCUT2D eigenvalue weighted by Crippen LogP contribution is 2.35. The fourth-order valence-electron chi connectivity index (χ4n) is 8.34. The number of ether oxygens (including phenoxy) is 2. The summed E-state index contributed by atoms with van der Waals surface area (Å²) in [6.07, 6.45) is 6.57. The summed E-state index contributed by atoms with van der Waals surface area (Å²) in [6.45, 7) is 15.6. The van der Waals surface area contributed by atoms with Gasteiger partial charge >= 0.3 is 12.0 Å². The van der Waals surface area contributed by atoms with Gasteiger partial charge in [-0.2, -0.15) is 18.7 Å². The van der Waals surface area contributed by atoms with E-state index >= 15 is 0 Å². The van der Waals surface area contributed by atoms with Crippen molar-refractivity contribution < 1.29 is 35.7 Å². The Bertz CT molecular complexity index is 3280. The van der Waals surface area contributed by atoms with Crippen LogP contribution >= 0.6 is 34.4 Å². The molecule has 0 aliphatic carbocycles. The Hall–Kier alpha value is -5.98. The van der Waals surface area contributed by atoms with Crippen molar-refractivity contribution in [3.8, 4) is 32.9 Å². The van der Waals surface area contributed by atoms with Gasteiger partial charge in [-0.1, -0.05) is 60.7 Å². The van der Waals surface area contributed by atoms with E-state index < -0.39 is 21.7 Å². The van der Waals surface area contributed by atoms with Crippen LogP contribution in [0.3, 0.4) is 0 Å². The fourth-order valence-corrected chi connectivity index (χ4v) is 11.0. The summed E-state index contributed by atoms with van der Waals surface area (Å²) in [7, 11) is -3.61. The third-order valence-electron chi connectivity index (χ3n) is 12.7. The van der Waals surface area contributed by atoms with Crippen LogP contribution in [0.5, 0.6) is 10.4 Å². The van der Waals surface area contributed by atoms with Crippen molar-refractivity contribution in [2.45, 2.75) is 101 Å². The molecule has 2 aliphatic rings. The Morgan fingerprint density at radius 1 is 0.611 bits per heavy atom. The summed E-state index contributed by atoms with van der Waals surface area (Å²) in [6, 6.07) is 14.3. The van der Waals surface area contributed by atoms with E-state index in [0.29, 0.717) is 77.2 Å². The molecule has 0 aromatic carbocycles. The number of thioether (sulfide) groups is 1. The predicted molar refractivity (Wildman–Crippen MR) is 273 cm³/mol. The first-order chi connectivity index (χ1) is 34.5. The lowest BCUT2D eigenvalue weighted by atomic mass is 9.92. The molecule has 8 aromatic heterocycles. The minimum absolute atomic E-state index is 0.00632. The van der Waals surface area contributed by atoms with Gasteiger partial charge in [-0.3, -0.25) is 0 Å². The molecule has 8 aromatic rings. The zero-order valence-corrected chi connectivity index (χ0v) is 44.2. The van der Waals surface area contributed by atoms with E-state index in [9.17, 15) is 17.2 Å². The van der Waals surface area contributed by atoms with Gasteiger partial charge in [-0.05, 0) is 106 Å². The second kappa shape index (κ2) is 21.6. The molecule has 18 nitrogen and oxygen atoms in total. The molecule has 10 heterocycles. The Morgan fingerprint density at radius 3 is 1.44 bits per heavy atom. The molecular formula is C48H54F2N12O6S4. The number of hydrogen-bond donors (Lipinski definition) is 0. The minimum atomic E-state index is -3.61. The molecule has 2 fully saturated rings. The molecule has 24 heteroatoms. The van der Waals surface area contributed by atoms with E-state index in [4.69, 9.17) is 18.5 Å². The molecule has 0 unspecified atom stereocenters. The van der Waals surface area contributed by atoms with Crippen molar-refractivity contribution in [3.63, 3.8) is 0 Å². The Balaban J connectivity index is 0.000000178. The van der Waals surface area contributed by atoms with Gasteiger partial charge in [0.05, 0.1) is 27.5 Å². The summed E-state index contributed by atoms with van der Waals surface area (Å²) >= 11 is 4.07. The number of fused-ring (bicyclic) bond motifs is 2. The first-order valence-electron chi connectivity index (χ1n) is 23.6. The average Bonchev–Trinajstić information content (AvgIpc) is 4.20. The van der Waals surface area contributed by atoms with Crippen molar-refractivity contribution in [2.24, 2.45) is 11.8 Å². The molecule has 0 spiro atoms. The number of rotatable bonds is 14. The predicted octanol–water partition coefficient (Wildman–Crippen LogP) is 10.3. The van der Waals surface area contributed by atoms with Gasteiger partial charge in [0.25, 0.3) is 10.4 Å². The Labute approximate surface area is 427 Å². The minimum Gasteiger partial charge on any atom is -0.467 e. The van der Waals surface area contributed by atoms with Crippen molar-refractivity contribution in [1.29, 1.82) is 0 Å². The lowest BCUT2D eigenvalue weighted by Gasteiger charge is -2.33. The number of piperidine rings is 2. The molecule has 380 valence electrons. The Morgan fingerprint density at radius 2 is 1.06 bits per heavy atom. The lowest BCUT2D eigenvalue weighted by molar-refractivity contribution is 0.131. The third kappa shape index (κ3) is 11.6. The van der Waals surface area contributed by atoms with Crippen LogP contribution in [-0.4, -0.2) is 110 Å². The van der Waals surface area contributed by atoms with Crippen molar-refractivity contribution in [2.75, 3.05) is 48.5 Å². The van der Waals surface area contributed by atoms with E-state index in [2.05, 4.69) is 80.8 Å². The molecule has 0 saturated carbocycles. The number of pyridine rings is 4. The largest absolute Gasteiger partial charge is 0.467 e. The first kappa shape index (κ1) is 50.9. The summed E-state index contributed by atoms with van der Waals surface area (Å²) in [5.41, 5.74) is 2.75. The smallest absolute Gasteiger partial charge is 0.324 e. The molecule has 72 heavy (non-hydrogen) atoms. The molecule has 0 N–H and O–H groups in total. The third-order valence-corrected chi connectivity index (χ3v) is 16.0. The summed E-state index contributed by atoms with van der Waals surface area (Å²) in [5, 5.41) is 9.52. The van der Waals surface area contributed by atoms with E-state index in [1.54, 1.807) is 30.3 Å². The van der Waals surface area contributed by atoms with Crippen LogP contribution in [0.25, 0.3) is 43.2 Å². The number of thiazole rings is 2. The second-order valence-electron chi connectivity index (χ2n) is 18.4.